The summed E-state index contributed by atoms with van der Waals surface area (Å²) in [7, 11) is 0. The van der Waals surface area contributed by atoms with Crippen molar-refractivity contribution in [3.8, 4) is 0 Å². The number of alkyl carbamates (subject to hydrolysis) is 2. The summed E-state index contributed by atoms with van der Waals surface area (Å²) in [4.78, 5) is 38.2. The summed E-state index contributed by atoms with van der Waals surface area (Å²) in [6, 6.07) is -1.01. The summed E-state index contributed by atoms with van der Waals surface area (Å²) in [5.74, 6) is -0.654. The maximum atomic E-state index is 13.2. The average Bonchev–Trinajstić information content (AvgIpc) is 3.99. The van der Waals surface area contributed by atoms with E-state index in [9.17, 15) is 14.4 Å². The van der Waals surface area contributed by atoms with Crippen LogP contribution in [0, 0.1) is 0 Å². The van der Waals surface area contributed by atoms with Crippen LogP contribution < -0.4 is 10.6 Å². The number of esters is 1. The lowest BCUT2D eigenvalue weighted by atomic mass is 10.1. The van der Waals surface area contributed by atoms with E-state index in [4.69, 9.17) is 14.2 Å². The fourth-order valence-electron chi connectivity index (χ4n) is 5.56. The molecule has 3 aliphatic rings. The SMILES string of the molecule is O=C(NCCCC[C@H](NC(=O)OCc1cn(CC2=CC=CC2)nn1)C(=O)OCc1cn(CC2=CCC=C2)nn1)OCc1cn(CC2=CC=CC2)nn1. The van der Waals surface area contributed by atoms with Gasteiger partial charge in [0.05, 0.1) is 38.2 Å². The molecule has 0 radical (unpaired) electrons. The molecule has 0 unspecified atom stereocenters. The van der Waals surface area contributed by atoms with Gasteiger partial charge < -0.3 is 24.8 Å². The van der Waals surface area contributed by atoms with Gasteiger partial charge in [-0.2, -0.15) is 0 Å². The Morgan fingerprint density at radius 1 is 0.712 bits per heavy atom. The van der Waals surface area contributed by atoms with Gasteiger partial charge in [-0.05, 0) is 55.2 Å². The number of hydrogen-bond acceptors (Lipinski definition) is 12. The van der Waals surface area contributed by atoms with Crippen molar-refractivity contribution < 1.29 is 28.6 Å². The molecule has 0 aliphatic heterocycles. The van der Waals surface area contributed by atoms with Crippen LogP contribution in [0.25, 0.3) is 0 Å². The smallest absolute Gasteiger partial charge is 0.408 e. The molecule has 272 valence electrons. The molecule has 52 heavy (non-hydrogen) atoms. The molecular weight excluding hydrogens is 670 g/mol. The van der Waals surface area contributed by atoms with Crippen LogP contribution in [0.5, 0.6) is 0 Å². The van der Waals surface area contributed by atoms with Crippen LogP contribution in [0.2, 0.25) is 0 Å². The fraction of sp³-hybridized carbons (Fsp3) is 0.400. The third-order valence-electron chi connectivity index (χ3n) is 8.21. The number of ether oxygens (including phenoxy) is 3. The van der Waals surface area contributed by atoms with E-state index in [1.165, 1.54) is 11.1 Å². The van der Waals surface area contributed by atoms with Gasteiger partial charge in [0.25, 0.3) is 0 Å². The Morgan fingerprint density at radius 3 is 1.85 bits per heavy atom. The van der Waals surface area contributed by atoms with Crippen molar-refractivity contribution in [2.75, 3.05) is 6.54 Å². The van der Waals surface area contributed by atoms with Gasteiger partial charge >= 0.3 is 18.2 Å². The van der Waals surface area contributed by atoms with Gasteiger partial charge in [-0.15, -0.1) is 15.3 Å². The molecule has 3 heterocycles. The Labute approximate surface area is 299 Å². The molecule has 17 heteroatoms. The summed E-state index contributed by atoms with van der Waals surface area (Å²) in [6.45, 7) is 1.81. The number of amides is 2. The van der Waals surface area contributed by atoms with Gasteiger partial charge in [0.1, 0.15) is 42.9 Å². The first kappa shape index (κ1) is 35.7. The summed E-state index contributed by atoms with van der Waals surface area (Å²) >= 11 is 0. The molecule has 0 fully saturated rings. The van der Waals surface area contributed by atoms with Crippen LogP contribution in [0.3, 0.4) is 0 Å². The second-order valence-corrected chi connectivity index (χ2v) is 12.4. The largest absolute Gasteiger partial charge is 0.458 e. The van der Waals surface area contributed by atoms with Gasteiger partial charge in [-0.3, -0.25) is 0 Å². The van der Waals surface area contributed by atoms with E-state index in [0.717, 1.165) is 24.8 Å². The van der Waals surface area contributed by atoms with E-state index in [2.05, 4.69) is 65.9 Å². The highest BCUT2D eigenvalue weighted by Crippen LogP contribution is 2.14. The lowest BCUT2D eigenvalue weighted by molar-refractivity contribution is -0.147. The molecule has 3 aromatic rings. The van der Waals surface area contributed by atoms with Gasteiger partial charge in [0.15, 0.2) is 0 Å². The number of carbonyl (C=O) groups excluding carboxylic acids is 3. The third kappa shape index (κ3) is 11.2. The summed E-state index contributed by atoms with van der Waals surface area (Å²) < 4.78 is 21.2. The molecule has 0 aromatic carbocycles. The Kier molecular flexibility index (Phi) is 12.5. The van der Waals surface area contributed by atoms with E-state index in [1.807, 2.05) is 30.4 Å². The predicted octanol–water partition coefficient (Wildman–Crippen LogP) is 3.55. The normalized spacial score (nSPS) is 15.0. The lowest BCUT2D eigenvalue weighted by Crippen LogP contribution is -2.42. The van der Waals surface area contributed by atoms with Gasteiger partial charge in [-0.1, -0.05) is 70.3 Å². The molecule has 2 N–H and O–H groups in total. The minimum Gasteiger partial charge on any atom is -0.458 e. The van der Waals surface area contributed by atoms with Crippen LogP contribution in [0.4, 0.5) is 9.59 Å². The zero-order chi connectivity index (χ0) is 36.0. The molecule has 0 saturated heterocycles. The average molecular weight is 712 g/mol. The first-order valence-corrected chi connectivity index (χ1v) is 17.2. The maximum Gasteiger partial charge on any atom is 0.408 e. The molecular formula is C35H41N11O6. The monoisotopic (exact) mass is 711 g/mol. The number of nitrogens with zero attached hydrogens (tertiary/aromatic N) is 9. The second kappa shape index (κ2) is 18.2. The fourth-order valence-corrected chi connectivity index (χ4v) is 5.56. The van der Waals surface area contributed by atoms with Crippen molar-refractivity contribution in [3.05, 3.63) is 107 Å². The van der Waals surface area contributed by atoms with E-state index in [1.54, 1.807) is 32.6 Å². The number of carbonyl (C=O) groups is 3. The number of aromatic nitrogens is 9. The van der Waals surface area contributed by atoms with Gasteiger partial charge in [0.2, 0.25) is 0 Å². The number of unbranched alkanes of at least 4 members (excludes halogenated alkanes) is 1. The Bertz CT molecular complexity index is 1900. The number of allylic oxidation sites excluding steroid dienone is 12. The molecule has 3 aromatic heterocycles. The van der Waals surface area contributed by atoms with Crippen molar-refractivity contribution in [2.45, 2.75) is 84.0 Å². The number of rotatable bonds is 19. The zero-order valence-electron chi connectivity index (χ0n) is 28.7. The molecule has 6 rings (SSSR count). The molecule has 2 amide bonds. The van der Waals surface area contributed by atoms with Crippen molar-refractivity contribution in [3.63, 3.8) is 0 Å². The second-order valence-electron chi connectivity index (χ2n) is 12.4. The standard InChI is InChI=1S/C35H41N11O6/c47-33(50-23-29-20-44(41-38-29)17-26-9-1-2-10-26)32(37-35(49)52-25-31-22-46(43-40-31)19-28-13-5-6-14-28)15-7-8-16-36-34(48)51-24-30-21-45(42-39-30)18-27-11-3-4-12-27/h1,3-6,9-11,13,20-22,32H,2,7-8,12,14-19,23-25H2,(H,36,48)(H,37,49)/t32-/m0/s1. The van der Waals surface area contributed by atoms with E-state index < -0.39 is 24.2 Å². The Balaban J connectivity index is 0.934. The molecule has 0 bridgehead atoms. The topological polar surface area (TPSA) is 195 Å². The molecule has 1 atom stereocenters. The summed E-state index contributed by atoms with van der Waals surface area (Å²) in [5, 5.41) is 29.8. The Hall–Kier alpha value is -6.13. The first-order valence-electron chi connectivity index (χ1n) is 17.2. The van der Waals surface area contributed by atoms with Crippen LogP contribution in [-0.4, -0.2) is 75.7 Å². The quantitative estimate of drug-likeness (QED) is 0.104. The minimum absolute atomic E-state index is 0.0162. The summed E-state index contributed by atoms with van der Waals surface area (Å²) in [6.07, 6.45) is 26.0. The van der Waals surface area contributed by atoms with E-state index >= 15 is 0 Å². The number of nitrogens with one attached hydrogen (secondary N) is 2. The number of hydrogen-bond donors (Lipinski definition) is 2. The highest BCUT2D eigenvalue weighted by atomic mass is 16.6. The van der Waals surface area contributed by atoms with Crippen molar-refractivity contribution in [1.29, 1.82) is 0 Å². The van der Waals surface area contributed by atoms with E-state index in [0.29, 0.717) is 49.6 Å². The third-order valence-corrected chi connectivity index (χ3v) is 8.21. The van der Waals surface area contributed by atoms with Crippen LogP contribution in [-0.2, 0) is 58.5 Å². The zero-order valence-corrected chi connectivity index (χ0v) is 28.7. The van der Waals surface area contributed by atoms with Gasteiger partial charge in [0, 0.05) is 6.54 Å². The highest BCUT2D eigenvalue weighted by molar-refractivity contribution is 5.81. The van der Waals surface area contributed by atoms with Crippen LogP contribution >= 0.6 is 0 Å². The first-order chi connectivity index (χ1) is 25.4. The van der Waals surface area contributed by atoms with Crippen LogP contribution in [0.1, 0.15) is 55.6 Å². The molecule has 0 saturated carbocycles. The van der Waals surface area contributed by atoms with Crippen molar-refractivity contribution in [2.24, 2.45) is 0 Å². The molecule has 0 spiro atoms. The van der Waals surface area contributed by atoms with Gasteiger partial charge in [-0.25, -0.2) is 28.4 Å². The lowest BCUT2D eigenvalue weighted by Gasteiger charge is -2.17. The Morgan fingerprint density at radius 2 is 1.29 bits per heavy atom. The predicted molar refractivity (Wildman–Crippen MR) is 185 cm³/mol. The maximum absolute atomic E-state index is 13.2. The van der Waals surface area contributed by atoms with Crippen molar-refractivity contribution in [1.82, 2.24) is 55.6 Å². The van der Waals surface area contributed by atoms with Crippen LogP contribution in [0.15, 0.2) is 90.0 Å². The summed E-state index contributed by atoms with van der Waals surface area (Å²) in [5.41, 5.74) is 5.02. The van der Waals surface area contributed by atoms with E-state index in [-0.39, 0.29) is 32.8 Å². The molecule has 3 aliphatic carbocycles. The minimum atomic E-state index is -1.01. The highest BCUT2D eigenvalue weighted by Gasteiger charge is 2.24. The molecule has 17 nitrogen and oxygen atoms in total. The van der Waals surface area contributed by atoms with Crippen molar-refractivity contribution >= 4 is 18.2 Å².